The van der Waals surface area contributed by atoms with Gasteiger partial charge in [0, 0.05) is 0 Å². The fourth-order valence-electron chi connectivity index (χ4n) is 9.71. The number of rotatable bonds is 12. The molecule has 0 unspecified atom stereocenters. The van der Waals surface area contributed by atoms with Crippen molar-refractivity contribution >= 4 is 0 Å². The maximum absolute atomic E-state index is 6.70. The van der Waals surface area contributed by atoms with Gasteiger partial charge < -0.3 is 18.9 Å². The van der Waals surface area contributed by atoms with Gasteiger partial charge in [0.05, 0.1) is 26.4 Å². The quantitative estimate of drug-likeness (QED) is 0.127. The fraction of sp³-hybridized carbons (Fsp3) is 0.538. The van der Waals surface area contributed by atoms with Gasteiger partial charge in [0.1, 0.15) is 23.0 Å². The van der Waals surface area contributed by atoms with Crippen LogP contribution in [0.5, 0.6) is 23.0 Å². The SMILES string of the molecule is CCCOc1c(C)c2c(C)c(c1C)Cc1c(C)c(c(C)c(OCCC)c1C)Cc1c(C)c(c(C)c(OCCC)c1C)Cc1c(C)c(c(C)c(OCCC)c1C)C2. The Morgan fingerprint density at radius 2 is 0.393 bits per heavy atom. The van der Waals surface area contributed by atoms with Gasteiger partial charge in [-0.2, -0.15) is 0 Å². The Morgan fingerprint density at radius 3 is 0.518 bits per heavy atom. The molecule has 0 spiro atoms. The zero-order valence-electron chi connectivity index (χ0n) is 38.1. The second-order valence-corrected chi connectivity index (χ2v) is 16.7. The van der Waals surface area contributed by atoms with Crippen LogP contribution in [0.2, 0.25) is 0 Å². The van der Waals surface area contributed by atoms with Gasteiger partial charge in [-0.05, 0) is 246 Å². The molecule has 1 aliphatic rings. The highest BCUT2D eigenvalue weighted by Crippen LogP contribution is 2.45. The molecule has 0 aromatic heterocycles. The highest BCUT2D eigenvalue weighted by molar-refractivity contribution is 5.65. The van der Waals surface area contributed by atoms with E-state index in [1.165, 1.54) is 111 Å². The molecule has 1 aliphatic carbocycles. The van der Waals surface area contributed by atoms with E-state index in [0.717, 1.165) is 74.4 Å². The second-order valence-electron chi connectivity index (χ2n) is 16.7. The van der Waals surface area contributed by atoms with Crippen molar-refractivity contribution < 1.29 is 18.9 Å². The van der Waals surface area contributed by atoms with Crippen LogP contribution in [0.25, 0.3) is 0 Å². The molecule has 5 rings (SSSR count). The lowest BCUT2D eigenvalue weighted by Gasteiger charge is -2.29. The smallest absolute Gasteiger partial charge is 0.125 e. The third kappa shape index (κ3) is 7.84. The molecule has 4 aromatic rings. The molecular weight excluding hydrogens is 689 g/mol. The van der Waals surface area contributed by atoms with Crippen LogP contribution in [0.4, 0.5) is 0 Å². The first-order chi connectivity index (χ1) is 26.7. The standard InChI is InChI=1S/C52H72O4/c1-17-21-53-49-33(9)41-25-43-30(6)45(37(13)50(35(43)11)54-22-18-2)27-47-32(8)48(40(16)52(39(47)15)56-24-20-4)28-46-31(7)44(26-42(29(41)5)34(49)10)36(12)51(38(46)14)55-23-19-3/h17-28H2,1-16H3. The first-order valence-corrected chi connectivity index (χ1v) is 21.6. The number of fused-ring (bicyclic) bond motifs is 8. The van der Waals surface area contributed by atoms with Crippen LogP contribution in [0.1, 0.15) is 165 Å². The molecule has 304 valence electrons. The average molecular weight is 761 g/mol. The van der Waals surface area contributed by atoms with Gasteiger partial charge in [-0.25, -0.2) is 0 Å². The van der Waals surface area contributed by atoms with E-state index in [9.17, 15) is 0 Å². The van der Waals surface area contributed by atoms with Crippen LogP contribution in [0, 0.1) is 83.1 Å². The second kappa shape index (κ2) is 18.1. The van der Waals surface area contributed by atoms with Gasteiger partial charge in [0.25, 0.3) is 0 Å². The van der Waals surface area contributed by atoms with Crippen molar-refractivity contribution in [1.82, 2.24) is 0 Å². The summed E-state index contributed by atoms with van der Waals surface area (Å²) in [5.74, 6) is 4.20. The lowest BCUT2D eigenvalue weighted by molar-refractivity contribution is 0.311. The molecular formula is C52H72O4. The molecule has 0 amide bonds. The summed E-state index contributed by atoms with van der Waals surface area (Å²) in [6.45, 7) is 39.3. The Kier molecular flexibility index (Phi) is 14.0. The molecule has 0 heterocycles. The average Bonchev–Trinajstić information content (AvgIpc) is 3.16. The van der Waals surface area contributed by atoms with Crippen LogP contribution >= 0.6 is 0 Å². The van der Waals surface area contributed by atoms with Crippen molar-refractivity contribution in [2.45, 2.75) is 162 Å². The molecule has 0 saturated carbocycles. The highest BCUT2D eigenvalue weighted by Gasteiger charge is 2.28. The van der Waals surface area contributed by atoms with E-state index in [1.807, 2.05) is 0 Å². The molecule has 0 aliphatic heterocycles. The van der Waals surface area contributed by atoms with E-state index in [2.05, 4.69) is 111 Å². The molecule has 4 heteroatoms. The Morgan fingerprint density at radius 1 is 0.250 bits per heavy atom. The summed E-state index contributed by atoms with van der Waals surface area (Å²) in [6, 6.07) is 0. The summed E-state index contributed by atoms with van der Waals surface area (Å²) in [4.78, 5) is 0. The molecule has 0 N–H and O–H groups in total. The van der Waals surface area contributed by atoms with Crippen LogP contribution < -0.4 is 18.9 Å². The van der Waals surface area contributed by atoms with Crippen molar-refractivity contribution in [3.05, 3.63) is 111 Å². The van der Waals surface area contributed by atoms with Gasteiger partial charge in [-0.3, -0.25) is 0 Å². The maximum Gasteiger partial charge on any atom is 0.125 e. The maximum atomic E-state index is 6.70. The minimum Gasteiger partial charge on any atom is -0.493 e. The molecule has 0 saturated heterocycles. The monoisotopic (exact) mass is 761 g/mol. The van der Waals surface area contributed by atoms with E-state index in [0.29, 0.717) is 26.4 Å². The molecule has 8 bridgehead atoms. The Balaban J connectivity index is 1.98. The molecule has 56 heavy (non-hydrogen) atoms. The highest BCUT2D eigenvalue weighted by atomic mass is 16.5. The minimum atomic E-state index is 0.701. The predicted molar refractivity (Wildman–Crippen MR) is 237 cm³/mol. The van der Waals surface area contributed by atoms with Crippen LogP contribution in [-0.2, 0) is 25.7 Å². The zero-order chi connectivity index (χ0) is 41.2. The molecule has 0 atom stereocenters. The fourth-order valence-corrected chi connectivity index (χ4v) is 9.71. The van der Waals surface area contributed by atoms with Crippen molar-refractivity contribution in [2.75, 3.05) is 26.4 Å². The summed E-state index contributed by atoms with van der Waals surface area (Å²) < 4.78 is 26.8. The lowest BCUT2D eigenvalue weighted by atomic mass is 9.78. The summed E-state index contributed by atoms with van der Waals surface area (Å²) >= 11 is 0. The largest absolute Gasteiger partial charge is 0.493 e. The minimum absolute atomic E-state index is 0.701. The van der Waals surface area contributed by atoms with Gasteiger partial charge in [0.2, 0.25) is 0 Å². The number of hydrogen-bond donors (Lipinski definition) is 0. The predicted octanol–water partition coefficient (Wildman–Crippen LogP) is 13.2. The van der Waals surface area contributed by atoms with Crippen molar-refractivity contribution in [2.24, 2.45) is 0 Å². The summed E-state index contributed by atoms with van der Waals surface area (Å²) in [7, 11) is 0. The Hall–Kier alpha value is -3.92. The van der Waals surface area contributed by atoms with E-state index in [4.69, 9.17) is 18.9 Å². The molecule has 0 radical (unpaired) electrons. The third-order valence-corrected chi connectivity index (χ3v) is 13.2. The van der Waals surface area contributed by atoms with Gasteiger partial charge in [-0.1, -0.05) is 27.7 Å². The first-order valence-electron chi connectivity index (χ1n) is 21.6. The summed E-state index contributed by atoms with van der Waals surface area (Å²) in [5.41, 5.74) is 26.5. The van der Waals surface area contributed by atoms with E-state index in [-0.39, 0.29) is 0 Å². The number of ether oxygens (including phenoxy) is 4. The number of benzene rings is 4. The number of hydrogen-bond acceptors (Lipinski definition) is 4. The topological polar surface area (TPSA) is 36.9 Å². The van der Waals surface area contributed by atoms with Crippen LogP contribution in [0.15, 0.2) is 0 Å². The molecule has 4 nitrogen and oxygen atoms in total. The van der Waals surface area contributed by atoms with E-state index >= 15 is 0 Å². The lowest BCUT2D eigenvalue weighted by Crippen LogP contribution is -2.15. The van der Waals surface area contributed by atoms with Crippen LogP contribution in [-0.4, -0.2) is 26.4 Å². The van der Waals surface area contributed by atoms with Crippen LogP contribution in [0.3, 0.4) is 0 Å². The summed E-state index contributed by atoms with van der Waals surface area (Å²) in [5, 5.41) is 0. The molecule has 4 aromatic carbocycles. The Labute approximate surface area is 340 Å². The third-order valence-electron chi connectivity index (χ3n) is 13.2. The molecule has 0 fully saturated rings. The zero-order valence-corrected chi connectivity index (χ0v) is 38.1. The van der Waals surface area contributed by atoms with Gasteiger partial charge in [-0.15, -0.1) is 0 Å². The van der Waals surface area contributed by atoms with E-state index in [1.54, 1.807) is 0 Å². The first kappa shape index (κ1) is 43.2. The van der Waals surface area contributed by atoms with Gasteiger partial charge >= 0.3 is 0 Å². The summed E-state index contributed by atoms with van der Waals surface area (Å²) in [6.07, 6.45) is 7.17. The normalized spacial score (nSPS) is 12.6. The Bertz CT molecular complexity index is 1700. The van der Waals surface area contributed by atoms with E-state index < -0.39 is 0 Å². The van der Waals surface area contributed by atoms with Crippen molar-refractivity contribution in [3.63, 3.8) is 0 Å². The van der Waals surface area contributed by atoms with Crippen molar-refractivity contribution in [1.29, 1.82) is 0 Å². The van der Waals surface area contributed by atoms with Crippen molar-refractivity contribution in [3.8, 4) is 23.0 Å². The van der Waals surface area contributed by atoms with Gasteiger partial charge in [0.15, 0.2) is 0 Å².